The summed E-state index contributed by atoms with van der Waals surface area (Å²) in [5.74, 6) is 0. The molecule has 0 amide bonds. The predicted octanol–water partition coefficient (Wildman–Crippen LogP) is 5.33. The summed E-state index contributed by atoms with van der Waals surface area (Å²) < 4.78 is 1.89. The Morgan fingerprint density at radius 3 is 2.21 bits per heavy atom. The van der Waals surface area contributed by atoms with Gasteiger partial charge in [0.05, 0.1) is 11.4 Å². The highest BCUT2D eigenvalue weighted by atomic mass is 35.5. The van der Waals surface area contributed by atoms with Crippen LogP contribution in [-0.4, -0.2) is 14.6 Å². The molecule has 0 saturated heterocycles. The van der Waals surface area contributed by atoms with E-state index >= 15 is 0 Å². The Bertz CT molecular complexity index is 1020. The first-order chi connectivity index (χ1) is 11.6. The van der Waals surface area contributed by atoms with Crippen LogP contribution in [0.1, 0.15) is 11.3 Å². The van der Waals surface area contributed by atoms with E-state index in [2.05, 4.69) is 36.2 Å². The van der Waals surface area contributed by atoms with E-state index < -0.39 is 0 Å². The lowest BCUT2D eigenvalue weighted by Gasteiger charge is -2.06. The summed E-state index contributed by atoms with van der Waals surface area (Å²) in [5, 5.41) is 5.50. The van der Waals surface area contributed by atoms with Crippen molar-refractivity contribution in [2.75, 3.05) is 0 Å². The number of rotatable bonds is 2. The second-order valence-electron chi connectivity index (χ2n) is 5.96. The van der Waals surface area contributed by atoms with Crippen LogP contribution in [0.25, 0.3) is 28.2 Å². The van der Waals surface area contributed by atoms with Crippen LogP contribution in [0, 0.1) is 13.8 Å². The molecule has 0 fully saturated rings. The summed E-state index contributed by atoms with van der Waals surface area (Å²) in [4.78, 5) is 4.62. The zero-order valence-electron chi connectivity index (χ0n) is 13.5. The van der Waals surface area contributed by atoms with Gasteiger partial charge in [0.1, 0.15) is 0 Å². The van der Waals surface area contributed by atoms with E-state index in [0.29, 0.717) is 0 Å². The van der Waals surface area contributed by atoms with Gasteiger partial charge in [-0.1, -0.05) is 53.6 Å². The number of aryl methyl sites for hydroxylation is 2. The van der Waals surface area contributed by atoms with E-state index in [-0.39, 0.29) is 0 Å². The Balaban J connectivity index is 1.91. The highest BCUT2D eigenvalue weighted by molar-refractivity contribution is 6.30. The van der Waals surface area contributed by atoms with E-state index in [1.165, 1.54) is 5.56 Å². The number of nitrogens with zero attached hydrogens (tertiary/aromatic N) is 3. The molecule has 0 bridgehead atoms. The minimum atomic E-state index is 0.724. The fourth-order valence-electron chi connectivity index (χ4n) is 2.79. The van der Waals surface area contributed by atoms with Crippen LogP contribution in [0.3, 0.4) is 0 Å². The molecule has 0 spiro atoms. The molecule has 0 N–H and O–H groups in total. The molecule has 4 rings (SSSR count). The van der Waals surface area contributed by atoms with Crippen molar-refractivity contribution < 1.29 is 0 Å². The standard InChI is InChI=1S/C20H16ClN3/c1-13-3-5-15(6-4-13)18-12-20-22-14(2)11-19(24(20)23-18)16-7-9-17(21)10-8-16/h3-12H,1-2H3. The van der Waals surface area contributed by atoms with Gasteiger partial charge in [0, 0.05) is 27.9 Å². The lowest BCUT2D eigenvalue weighted by molar-refractivity contribution is 0.942. The van der Waals surface area contributed by atoms with Crippen molar-refractivity contribution in [3.05, 3.63) is 76.9 Å². The van der Waals surface area contributed by atoms with Crippen LogP contribution in [0.2, 0.25) is 5.02 Å². The Morgan fingerprint density at radius 1 is 0.833 bits per heavy atom. The number of fused-ring (bicyclic) bond motifs is 1. The molecule has 0 saturated carbocycles. The van der Waals surface area contributed by atoms with Gasteiger partial charge in [0.2, 0.25) is 0 Å². The van der Waals surface area contributed by atoms with Crippen LogP contribution >= 0.6 is 11.6 Å². The molecule has 0 aliphatic carbocycles. The molecule has 0 atom stereocenters. The minimum absolute atomic E-state index is 0.724. The number of hydrogen-bond acceptors (Lipinski definition) is 2. The van der Waals surface area contributed by atoms with Crippen LogP contribution in [0.4, 0.5) is 0 Å². The average Bonchev–Trinajstić information content (AvgIpc) is 2.99. The fraction of sp³-hybridized carbons (Fsp3) is 0.100. The van der Waals surface area contributed by atoms with Gasteiger partial charge in [0.15, 0.2) is 5.65 Å². The topological polar surface area (TPSA) is 30.2 Å². The summed E-state index contributed by atoms with van der Waals surface area (Å²) in [6.07, 6.45) is 0. The molecule has 0 aliphatic heterocycles. The monoisotopic (exact) mass is 333 g/mol. The lowest BCUT2D eigenvalue weighted by Crippen LogP contribution is -1.98. The summed E-state index contributed by atoms with van der Waals surface area (Å²) >= 11 is 6.01. The van der Waals surface area contributed by atoms with Gasteiger partial charge in [-0.2, -0.15) is 5.10 Å². The van der Waals surface area contributed by atoms with E-state index in [4.69, 9.17) is 16.7 Å². The van der Waals surface area contributed by atoms with Gasteiger partial charge >= 0.3 is 0 Å². The first-order valence-corrected chi connectivity index (χ1v) is 8.18. The van der Waals surface area contributed by atoms with Crippen molar-refractivity contribution in [2.24, 2.45) is 0 Å². The molecule has 24 heavy (non-hydrogen) atoms. The molecule has 0 unspecified atom stereocenters. The van der Waals surface area contributed by atoms with E-state index in [0.717, 1.165) is 38.9 Å². The van der Waals surface area contributed by atoms with Gasteiger partial charge in [-0.15, -0.1) is 0 Å². The molecule has 2 aromatic carbocycles. The Hall–Kier alpha value is -2.65. The number of halogens is 1. The average molecular weight is 334 g/mol. The third-order valence-corrected chi connectivity index (χ3v) is 4.29. The summed E-state index contributed by atoms with van der Waals surface area (Å²) in [5.41, 5.74) is 7.12. The molecular formula is C20H16ClN3. The highest BCUT2D eigenvalue weighted by Crippen LogP contribution is 2.26. The maximum atomic E-state index is 6.01. The van der Waals surface area contributed by atoms with Crippen LogP contribution < -0.4 is 0 Å². The number of hydrogen-bond donors (Lipinski definition) is 0. The van der Waals surface area contributed by atoms with Crippen molar-refractivity contribution in [2.45, 2.75) is 13.8 Å². The smallest absolute Gasteiger partial charge is 0.156 e. The first kappa shape index (κ1) is 14.9. The molecular weight excluding hydrogens is 318 g/mol. The van der Waals surface area contributed by atoms with Crippen LogP contribution in [0.15, 0.2) is 60.7 Å². The Labute approximate surface area is 145 Å². The molecule has 0 aliphatic rings. The fourth-order valence-corrected chi connectivity index (χ4v) is 2.92. The largest absolute Gasteiger partial charge is 0.234 e. The van der Waals surface area contributed by atoms with Gasteiger partial charge in [0.25, 0.3) is 0 Å². The van der Waals surface area contributed by atoms with Crippen molar-refractivity contribution >= 4 is 17.2 Å². The summed E-state index contributed by atoms with van der Waals surface area (Å²) in [6.45, 7) is 4.08. The summed E-state index contributed by atoms with van der Waals surface area (Å²) in [7, 11) is 0. The predicted molar refractivity (Wildman–Crippen MR) is 98.3 cm³/mol. The van der Waals surface area contributed by atoms with Crippen LogP contribution in [-0.2, 0) is 0 Å². The quantitative estimate of drug-likeness (QED) is 0.496. The SMILES string of the molecule is Cc1ccc(-c2cc3nc(C)cc(-c4ccc(Cl)cc4)n3n2)cc1. The Kier molecular flexibility index (Phi) is 3.58. The molecule has 3 nitrogen and oxygen atoms in total. The molecule has 118 valence electrons. The molecule has 4 heteroatoms. The van der Waals surface area contributed by atoms with Crippen LogP contribution in [0.5, 0.6) is 0 Å². The zero-order valence-corrected chi connectivity index (χ0v) is 14.2. The third kappa shape index (κ3) is 2.68. The first-order valence-electron chi connectivity index (χ1n) is 7.80. The van der Waals surface area contributed by atoms with Gasteiger partial charge < -0.3 is 0 Å². The number of benzene rings is 2. The summed E-state index contributed by atoms with van der Waals surface area (Å²) in [6, 6.07) is 20.2. The minimum Gasteiger partial charge on any atom is -0.234 e. The van der Waals surface area contributed by atoms with E-state index in [1.807, 2.05) is 47.8 Å². The molecule has 0 radical (unpaired) electrons. The Morgan fingerprint density at radius 2 is 1.50 bits per heavy atom. The van der Waals surface area contributed by atoms with Gasteiger partial charge in [-0.05, 0) is 32.0 Å². The molecule has 2 aromatic heterocycles. The second-order valence-corrected chi connectivity index (χ2v) is 6.39. The van der Waals surface area contributed by atoms with Crippen molar-refractivity contribution in [1.82, 2.24) is 14.6 Å². The maximum Gasteiger partial charge on any atom is 0.156 e. The van der Waals surface area contributed by atoms with Crippen molar-refractivity contribution in [3.8, 4) is 22.5 Å². The third-order valence-electron chi connectivity index (χ3n) is 4.04. The maximum absolute atomic E-state index is 6.01. The van der Waals surface area contributed by atoms with Gasteiger partial charge in [-0.25, -0.2) is 9.50 Å². The van der Waals surface area contributed by atoms with E-state index in [9.17, 15) is 0 Å². The number of aromatic nitrogens is 3. The normalized spacial score (nSPS) is 11.1. The van der Waals surface area contributed by atoms with Crippen molar-refractivity contribution in [3.63, 3.8) is 0 Å². The molecule has 2 heterocycles. The highest BCUT2D eigenvalue weighted by Gasteiger charge is 2.11. The van der Waals surface area contributed by atoms with Crippen molar-refractivity contribution in [1.29, 1.82) is 0 Å². The van der Waals surface area contributed by atoms with Gasteiger partial charge in [-0.3, -0.25) is 0 Å². The second kappa shape index (κ2) is 5.77. The molecule has 4 aromatic rings. The lowest BCUT2D eigenvalue weighted by atomic mass is 10.1. The zero-order chi connectivity index (χ0) is 16.7. The van der Waals surface area contributed by atoms with E-state index in [1.54, 1.807) is 0 Å².